The molecular formula is C13H18ClN3O2. The highest BCUT2D eigenvalue weighted by atomic mass is 35.5. The van der Waals surface area contributed by atoms with Gasteiger partial charge in [0.25, 0.3) is 0 Å². The lowest BCUT2D eigenvalue weighted by Crippen LogP contribution is -2.54. The Morgan fingerprint density at radius 3 is 3.05 bits per heavy atom. The smallest absolute Gasteiger partial charge is 0.319 e. The zero-order valence-electron chi connectivity index (χ0n) is 10.7. The van der Waals surface area contributed by atoms with Crippen LogP contribution in [0.5, 0.6) is 0 Å². The van der Waals surface area contributed by atoms with Gasteiger partial charge in [0.1, 0.15) is 0 Å². The van der Waals surface area contributed by atoms with Gasteiger partial charge in [-0.15, -0.1) is 0 Å². The molecule has 2 atom stereocenters. The Kier molecular flexibility index (Phi) is 4.63. The van der Waals surface area contributed by atoms with E-state index in [9.17, 15) is 9.90 Å². The lowest BCUT2D eigenvalue weighted by Gasteiger charge is -2.29. The van der Waals surface area contributed by atoms with E-state index in [1.807, 2.05) is 6.92 Å². The van der Waals surface area contributed by atoms with Crippen LogP contribution in [0.4, 0.5) is 10.5 Å². The summed E-state index contributed by atoms with van der Waals surface area (Å²) in [5.41, 5.74) is 1.49. The van der Waals surface area contributed by atoms with Gasteiger partial charge in [-0.2, -0.15) is 0 Å². The summed E-state index contributed by atoms with van der Waals surface area (Å²) in [6.07, 6.45) is 0.133. The van der Waals surface area contributed by atoms with E-state index in [0.29, 0.717) is 23.7 Å². The van der Waals surface area contributed by atoms with Crippen molar-refractivity contribution in [2.24, 2.45) is 0 Å². The largest absolute Gasteiger partial charge is 0.391 e. The molecule has 6 heteroatoms. The number of hydrogen-bond donors (Lipinski definition) is 4. The first-order valence-electron chi connectivity index (χ1n) is 6.29. The number of hydrogen-bond acceptors (Lipinski definition) is 3. The molecule has 2 rings (SSSR count). The molecule has 1 heterocycles. The normalized spacial score (nSPS) is 22.9. The SMILES string of the molecule is Cc1c(Cl)cccc1NC(=O)N[C@@H]1CNCC[C@H]1O. The van der Waals surface area contributed by atoms with Crippen molar-refractivity contribution < 1.29 is 9.90 Å². The van der Waals surface area contributed by atoms with Gasteiger partial charge in [-0.25, -0.2) is 4.79 Å². The minimum absolute atomic E-state index is 0.270. The predicted molar refractivity (Wildman–Crippen MR) is 75.6 cm³/mol. The highest BCUT2D eigenvalue weighted by molar-refractivity contribution is 6.31. The van der Waals surface area contributed by atoms with Gasteiger partial charge in [-0.05, 0) is 37.6 Å². The molecule has 0 bridgehead atoms. The summed E-state index contributed by atoms with van der Waals surface area (Å²) in [7, 11) is 0. The second kappa shape index (κ2) is 6.23. The van der Waals surface area contributed by atoms with Crippen molar-refractivity contribution in [2.45, 2.75) is 25.5 Å². The molecule has 19 heavy (non-hydrogen) atoms. The molecule has 1 aromatic rings. The van der Waals surface area contributed by atoms with Crippen molar-refractivity contribution in [3.63, 3.8) is 0 Å². The highest BCUT2D eigenvalue weighted by Gasteiger charge is 2.24. The molecule has 0 aliphatic carbocycles. The molecule has 1 saturated heterocycles. The molecule has 0 spiro atoms. The lowest BCUT2D eigenvalue weighted by molar-refractivity contribution is 0.103. The summed E-state index contributed by atoms with van der Waals surface area (Å²) in [6.45, 7) is 3.19. The van der Waals surface area contributed by atoms with Gasteiger partial charge in [-0.3, -0.25) is 0 Å². The molecule has 0 aromatic heterocycles. The van der Waals surface area contributed by atoms with Crippen LogP contribution in [0.15, 0.2) is 18.2 Å². The van der Waals surface area contributed by atoms with Crippen molar-refractivity contribution in [2.75, 3.05) is 18.4 Å². The maximum atomic E-state index is 11.9. The number of anilines is 1. The van der Waals surface area contributed by atoms with Crippen LogP contribution in [0, 0.1) is 6.92 Å². The Morgan fingerprint density at radius 2 is 2.32 bits per heavy atom. The Balaban J connectivity index is 1.95. The first-order valence-corrected chi connectivity index (χ1v) is 6.67. The molecule has 104 valence electrons. The average Bonchev–Trinajstić information content (AvgIpc) is 2.38. The number of urea groups is 1. The minimum atomic E-state index is -0.507. The van der Waals surface area contributed by atoms with Gasteiger partial charge in [-0.1, -0.05) is 17.7 Å². The van der Waals surface area contributed by atoms with Gasteiger partial charge in [0.15, 0.2) is 0 Å². The first kappa shape index (κ1) is 14.1. The molecule has 0 unspecified atom stereocenters. The van der Waals surface area contributed by atoms with Gasteiger partial charge in [0, 0.05) is 17.3 Å². The fraction of sp³-hybridized carbons (Fsp3) is 0.462. The van der Waals surface area contributed by atoms with E-state index in [-0.39, 0.29) is 12.1 Å². The average molecular weight is 284 g/mol. The number of amides is 2. The van der Waals surface area contributed by atoms with Gasteiger partial charge >= 0.3 is 6.03 Å². The fourth-order valence-corrected chi connectivity index (χ4v) is 2.24. The number of rotatable bonds is 2. The topological polar surface area (TPSA) is 73.4 Å². The summed E-state index contributed by atoms with van der Waals surface area (Å²) in [4.78, 5) is 11.9. The molecule has 0 saturated carbocycles. The third-order valence-corrected chi connectivity index (χ3v) is 3.69. The Hall–Kier alpha value is -1.30. The zero-order valence-corrected chi connectivity index (χ0v) is 11.5. The number of nitrogens with one attached hydrogen (secondary N) is 3. The van der Waals surface area contributed by atoms with Crippen LogP contribution in [0.3, 0.4) is 0 Å². The number of carbonyl (C=O) groups is 1. The van der Waals surface area contributed by atoms with Crippen molar-refractivity contribution in [1.29, 1.82) is 0 Å². The van der Waals surface area contributed by atoms with Gasteiger partial charge in [0.2, 0.25) is 0 Å². The van der Waals surface area contributed by atoms with Crippen molar-refractivity contribution >= 4 is 23.3 Å². The fourth-order valence-electron chi connectivity index (χ4n) is 2.06. The third kappa shape index (κ3) is 3.59. The molecule has 0 radical (unpaired) electrons. The summed E-state index contributed by atoms with van der Waals surface area (Å²) in [5, 5.41) is 19.0. The summed E-state index contributed by atoms with van der Waals surface area (Å²) in [5.74, 6) is 0. The molecule has 4 N–H and O–H groups in total. The van der Waals surface area contributed by atoms with E-state index in [0.717, 1.165) is 12.1 Å². The maximum Gasteiger partial charge on any atom is 0.319 e. The van der Waals surface area contributed by atoms with Gasteiger partial charge < -0.3 is 21.1 Å². The van der Waals surface area contributed by atoms with Gasteiger partial charge in [0.05, 0.1) is 12.1 Å². The Morgan fingerprint density at radius 1 is 1.53 bits per heavy atom. The van der Waals surface area contributed by atoms with E-state index >= 15 is 0 Å². The monoisotopic (exact) mass is 283 g/mol. The number of benzene rings is 1. The number of piperidine rings is 1. The van der Waals surface area contributed by atoms with E-state index in [4.69, 9.17) is 11.6 Å². The highest BCUT2D eigenvalue weighted by Crippen LogP contribution is 2.22. The van der Waals surface area contributed by atoms with Crippen LogP contribution in [-0.4, -0.2) is 36.4 Å². The Bertz CT molecular complexity index is 467. The molecule has 2 amide bonds. The number of carbonyl (C=O) groups excluding carboxylic acids is 1. The quantitative estimate of drug-likeness (QED) is 0.664. The van der Waals surface area contributed by atoms with Crippen LogP contribution < -0.4 is 16.0 Å². The zero-order chi connectivity index (χ0) is 13.8. The van der Waals surface area contributed by atoms with Crippen LogP contribution in [-0.2, 0) is 0 Å². The van der Waals surface area contributed by atoms with E-state index in [2.05, 4.69) is 16.0 Å². The predicted octanol–water partition coefficient (Wildman–Crippen LogP) is 1.49. The molecular weight excluding hydrogens is 266 g/mol. The second-order valence-electron chi connectivity index (χ2n) is 4.68. The van der Waals surface area contributed by atoms with Crippen molar-refractivity contribution in [3.05, 3.63) is 28.8 Å². The number of aliphatic hydroxyl groups is 1. The number of halogens is 1. The van der Waals surface area contributed by atoms with Crippen LogP contribution in [0.1, 0.15) is 12.0 Å². The lowest BCUT2D eigenvalue weighted by atomic mass is 10.0. The third-order valence-electron chi connectivity index (χ3n) is 3.28. The molecule has 1 fully saturated rings. The molecule has 1 aromatic carbocycles. The maximum absolute atomic E-state index is 11.9. The summed E-state index contributed by atoms with van der Waals surface area (Å²) >= 11 is 5.99. The molecule has 1 aliphatic heterocycles. The van der Waals surface area contributed by atoms with Crippen molar-refractivity contribution in [3.8, 4) is 0 Å². The number of aliphatic hydroxyl groups excluding tert-OH is 1. The van der Waals surface area contributed by atoms with E-state index in [1.165, 1.54) is 0 Å². The summed E-state index contributed by atoms with van der Waals surface area (Å²) in [6, 6.07) is 4.74. The Labute approximate surface area is 117 Å². The minimum Gasteiger partial charge on any atom is -0.391 e. The van der Waals surface area contributed by atoms with Crippen LogP contribution in [0.2, 0.25) is 5.02 Å². The summed E-state index contributed by atoms with van der Waals surface area (Å²) < 4.78 is 0. The van der Waals surface area contributed by atoms with Crippen LogP contribution in [0.25, 0.3) is 0 Å². The van der Waals surface area contributed by atoms with Crippen molar-refractivity contribution in [1.82, 2.24) is 10.6 Å². The second-order valence-corrected chi connectivity index (χ2v) is 5.08. The van der Waals surface area contributed by atoms with Crippen LogP contribution >= 0.6 is 11.6 Å². The first-order chi connectivity index (χ1) is 9.08. The molecule has 5 nitrogen and oxygen atoms in total. The van der Waals surface area contributed by atoms with E-state index < -0.39 is 6.10 Å². The van der Waals surface area contributed by atoms with E-state index in [1.54, 1.807) is 18.2 Å². The standard InChI is InChI=1S/C13H18ClN3O2/c1-8-9(14)3-2-4-10(8)16-13(19)17-11-7-15-6-5-12(11)18/h2-4,11-12,15,18H,5-7H2,1H3,(H2,16,17,19)/t11-,12-/m1/s1. The molecule has 1 aliphatic rings.